The Balaban J connectivity index is 2.54. The van der Waals surface area contributed by atoms with Gasteiger partial charge in [-0.2, -0.15) is 0 Å². The summed E-state index contributed by atoms with van der Waals surface area (Å²) in [5, 5.41) is 9.11. The summed E-state index contributed by atoms with van der Waals surface area (Å²) < 4.78 is 2.49. The topological polar surface area (TPSA) is 73.2 Å². The zero-order valence-corrected chi connectivity index (χ0v) is 21.7. The minimum atomic E-state index is -0.947. The molecule has 2 rings (SSSR count). The SMILES string of the molecule is CN(C)C=Nc1c(I)cc(I)c(C(=O)N(CCC(=O)O)c2ccccc2)c1I. The highest BCUT2D eigenvalue weighted by Crippen LogP contribution is 2.35. The van der Waals surface area contributed by atoms with Gasteiger partial charge >= 0.3 is 5.97 Å². The number of carboxylic acid groups (broad SMARTS) is 1. The number of halogens is 3. The summed E-state index contributed by atoms with van der Waals surface area (Å²) in [7, 11) is 3.76. The first-order valence-corrected chi connectivity index (χ1v) is 11.4. The van der Waals surface area contributed by atoms with Crippen LogP contribution >= 0.6 is 67.8 Å². The van der Waals surface area contributed by atoms with E-state index in [0.717, 1.165) is 16.4 Å². The standard InChI is InChI=1S/C19H18I3N3O3/c1-24(2)11-23-18-14(21)10-13(20)16(17(18)22)19(28)25(9-8-15(26)27)12-6-4-3-5-7-12/h3-7,10-11H,8-9H2,1-2H3,(H,26,27). The van der Waals surface area contributed by atoms with Crippen molar-refractivity contribution in [3.63, 3.8) is 0 Å². The number of rotatable bonds is 7. The molecule has 9 heteroatoms. The average molecular weight is 717 g/mol. The third kappa shape index (κ3) is 6.02. The monoisotopic (exact) mass is 717 g/mol. The smallest absolute Gasteiger partial charge is 0.305 e. The van der Waals surface area contributed by atoms with Crippen LogP contribution in [0.5, 0.6) is 0 Å². The van der Waals surface area contributed by atoms with Gasteiger partial charge in [-0.25, -0.2) is 4.99 Å². The van der Waals surface area contributed by atoms with E-state index >= 15 is 0 Å². The second-order valence-corrected chi connectivity index (χ2v) is 9.43. The van der Waals surface area contributed by atoms with Gasteiger partial charge in [0.05, 0.1) is 27.6 Å². The van der Waals surface area contributed by atoms with Gasteiger partial charge < -0.3 is 14.9 Å². The van der Waals surface area contributed by atoms with Gasteiger partial charge in [-0.05, 0) is 86.0 Å². The van der Waals surface area contributed by atoms with Gasteiger partial charge in [0.2, 0.25) is 0 Å². The van der Waals surface area contributed by atoms with Crippen LogP contribution in [-0.4, -0.2) is 48.9 Å². The summed E-state index contributed by atoms with van der Waals surface area (Å²) in [6.07, 6.45) is 1.56. The van der Waals surface area contributed by atoms with Crippen molar-refractivity contribution in [1.29, 1.82) is 0 Å². The van der Waals surface area contributed by atoms with Crippen molar-refractivity contribution < 1.29 is 14.7 Å². The number of aliphatic imine (C=N–C) groups is 1. The van der Waals surface area contributed by atoms with Crippen LogP contribution in [0.1, 0.15) is 16.8 Å². The summed E-state index contributed by atoms with van der Waals surface area (Å²) in [5.74, 6) is -1.18. The molecule has 0 saturated carbocycles. The van der Waals surface area contributed by atoms with Crippen LogP contribution in [0.4, 0.5) is 11.4 Å². The number of amides is 1. The van der Waals surface area contributed by atoms with Gasteiger partial charge in [0.25, 0.3) is 5.91 Å². The van der Waals surface area contributed by atoms with Crippen molar-refractivity contribution in [3.8, 4) is 0 Å². The molecule has 0 radical (unpaired) electrons. The quantitative estimate of drug-likeness (QED) is 0.253. The molecule has 0 aromatic heterocycles. The minimum Gasteiger partial charge on any atom is -0.481 e. The number of hydrogen-bond donors (Lipinski definition) is 1. The van der Waals surface area contributed by atoms with Gasteiger partial charge in [-0.3, -0.25) is 9.59 Å². The Morgan fingerprint density at radius 3 is 2.32 bits per heavy atom. The third-order valence-corrected chi connectivity index (χ3v) is 6.36. The molecular weight excluding hydrogens is 699 g/mol. The van der Waals surface area contributed by atoms with Crippen LogP contribution in [0.25, 0.3) is 0 Å². The van der Waals surface area contributed by atoms with Crippen molar-refractivity contribution >= 4 is 97.4 Å². The summed E-state index contributed by atoms with van der Waals surface area (Å²) in [6.45, 7) is 0.0899. The van der Waals surface area contributed by atoms with Crippen LogP contribution in [0.2, 0.25) is 0 Å². The maximum Gasteiger partial charge on any atom is 0.305 e. The lowest BCUT2D eigenvalue weighted by Crippen LogP contribution is -2.34. The normalized spacial score (nSPS) is 10.9. The Morgan fingerprint density at radius 1 is 1.11 bits per heavy atom. The van der Waals surface area contributed by atoms with Gasteiger partial charge in [0.15, 0.2) is 0 Å². The Morgan fingerprint density at radius 2 is 1.75 bits per heavy atom. The maximum absolute atomic E-state index is 13.5. The molecule has 148 valence electrons. The predicted octanol–water partition coefficient (Wildman–Crippen LogP) is 4.84. The number of hydrogen-bond acceptors (Lipinski definition) is 3. The number of nitrogens with zero attached hydrogens (tertiary/aromatic N) is 3. The molecule has 0 spiro atoms. The summed E-state index contributed by atoms with van der Waals surface area (Å²) in [6, 6.07) is 11.0. The fraction of sp³-hybridized carbons (Fsp3) is 0.211. The van der Waals surface area contributed by atoms with E-state index in [9.17, 15) is 9.59 Å². The summed E-state index contributed by atoms with van der Waals surface area (Å²) in [5.41, 5.74) is 1.92. The highest BCUT2D eigenvalue weighted by Gasteiger charge is 2.25. The number of anilines is 1. The largest absolute Gasteiger partial charge is 0.481 e. The lowest BCUT2D eigenvalue weighted by Gasteiger charge is -2.24. The van der Waals surface area contributed by atoms with Crippen molar-refractivity contribution in [2.45, 2.75) is 6.42 Å². The van der Waals surface area contributed by atoms with Crippen molar-refractivity contribution in [3.05, 3.63) is 52.7 Å². The first-order chi connectivity index (χ1) is 13.2. The van der Waals surface area contributed by atoms with Crippen molar-refractivity contribution in [2.75, 3.05) is 25.5 Å². The van der Waals surface area contributed by atoms with Gasteiger partial charge in [0, 0.05) is 33.5 Å². The molecular formula is C19H18I3N3O3. The van der Waals surface area contributed by atoms with Crippen molar-refractivity contribution in [1.82, 2.24) is 4.90 Å². The van der Waals surface area contributed by atoms with Crippen LogP contribution < -0.4 is 4.90 Å². The molecule has 0 saturated heterocycles. The van der Waals surface area contributed by atoms with Crippen molar-refractivity contribution in [2.24, 2.45) is 4.99 Å². The molecule has 0 atom stereocenters. The molecule has 1 N–H and O–H groups in total. The number of carbonyl (C=O) groups is 2. The lowest BCUT2D eigenvalue weighted by atomic mass is 10.1. The van der Waals surface area contributed by atoms with Crippen LogP contribution in [0.15, 0.2) is 41.4 Å². The Bertz CT molecular complexity index is 902. The fourth-order valence-corrected chi connectivity index (χ4v) is 6.48. The number of para-hydroxylation sites is 1. The van der Waals surface area contributed by atoms with E-state index in [4.69, 9.17) is 5.11 Å². The predicted molar refractivity (Wildman–Crippen MR) is 137 cm³/mol. The number of benzene rings is 2. The summed E-state index contributed by atoms with van der Waals surface area (Å²) in [4.78, 5) is 32.4. The molecule has 0 aliphatic rings. The molecule has 1 amide bonds. The molecule has 0 aliphatic carbocycles. The number of carboxylic acids is 1. The zero-order chi connectivity index (χ0) is 20.8. The van der Waals surface area contributed by atoms with Crippen LogP contribution in [-0.2, 0) is 4.79 Å². The third-order valence-electron chi connectivity index (χ3n) is 3.64. The van der Waals surface area contributed by atoms with E-state index in [0.29, 0.717) is 11.3 Å². The van der Waals surface area contributed by atoms with Crippen LogP contribution in [0, 0.1) is 10.7 Å². The zero-order valence-electron chi connectivity index (χ0n) is 15.2. The second kappa shape index (κ2) is 10.7. The lowest BCUT2D eigenvalue weighted by molar-refractivity contribution is -0.136. The highest BCUT2D eigenvalue weighted by atomic mass is 127. The van der Waals surface area contributed by atoms with Gasteiger partial charge in [0.1, 0.15) is 0 Å². The molecule has 28 heavy (non-hydrogen) atoms. The maximum atomic E-state index is 13.5. The number of aliphatic carboxylic acids is 1. The van der Waals surface area contributed by atoms with E-state index in [1.54, 1.807) is 18.5 Å². The first-order valence-electron chi connectivity index (χ1n) is 8.19. The average Bonchev–Trinajstić information content (AvgIpc) is 2.61. The molecule has 0 heterocycles. The molecule has 2 aromatic carbocycles. The van der Waals surface area contributed by atoms with E-state index < -0.39 is 5.97 Å². The Kier molecular flexibility index (Phi) is 8.92. The first kappa shape index (κ1) is 23.3. The van der Waals surface area contributed by atoms with E-state index in [1.807, 2.05) is 43.3 Å². The molecule has 2 aromatic rings. The van der Waals surface area contributed by atoms with E-state index in [-0.39, 0.29) is 18.9 Å². The molecule has 0 bridgehead atoms. The minimum absolute atomic E-state index is 0.0899. The number of carbonyl (C=O) groups excluding carboxylic acids is 1. The highest BCUT2D eigenvalue weighted by molar-refractivity contribution is 14.1. The molecule has 6 nitrogen and oxygen atoms in total. The Hall–Kier alpha value is -0.960. The summed E-state index contributed by atoms with van der Waals surface area (Å²) >= 11 is 6.50. The molecule has 0 unspecified atom stereocenters. The van der Waals surface area contributed by atoms with Gasteiger partial charge in [-0.1, -0.05) is 18.2 Å². The molecule has 0 aliphatic heterocycles. The second-order valence-electron chi connectivity index (χ2n) is 6.02. The fourth-order valence-electron chi connectivity index (χ4n) is 2.37. The van der Waals surface area contributed by atoms with E-state index in [1.165, 1.54) is 4.90 Å². The Labute approximate surface area is 204 Å². The van der Waals surface area contributed by atoms with Gasteiger partial charge in [-0.15, -0.1) is 0 Å². The molecule has 0 fully saturated rings. The van der Waals surface area contributed by atoms with Crippen LogP contribution in [0.3, 0.4) is 0 Å². The van der Waals surface area contributed by atoms with E-state index in [2.05, 4.69) is 72.8 Å².